The molecule has 2 aromatic heterocycles. The quantitative estimate of drug-likeness (QED) is 0.339. The number of morpholine rings is 1. The molecule has 0 bridgehead atoms. The van der Waals surface area contributed by atoms with Crippen molar-refractivity contribution in [1.29, 1.82) is 0 Å². The molecule has 1 aliphatic heterocycles. The number of nitrogens with one attached hydrogen (secondary N) is 1. The van der Waals surface area contributed by atoms with Crippen LogP contribution in [-0.4, -0.2) is 97.4 Å². The van der Waals surface area contributed by atoms with Gasteiger partial charge in [-0.05, 0) is 37.6 Å². The van der Waals surface area contributed by atoms with Crippen molar-refractivity contribution in [2.75, 3.05) is 25.1 Å². The molecule has 12 nitrogen and oxygen atoms in total. The number of carboxylic acid groups (broad SMARTS) is 3. The Labute approximate surface area is 242 Å². The molecule has 0 amide bonds. The van der Waals surface area contributed by atoms with E-state index in [1.165, 1.54) is 5.56 Å². The Morgan fingerprint density at radius 3 is 1.75 bits per heavy atom. The van der Waals surface area contributed by atoms with Crippen molar-refractivity contribution in [2.24, 2.45) is 0 Å². The molecule has 0 aromatic carbocycles. The van der Waals surface area contributed by atoms with E-state index in [1.54, 1.807) is 0 Å². The number of pyridine rings is 1. The molecule has 3 rings (SSSR count). The standard InChI is InChI=1S/C17H23N5O.3C2HF3O2/c1-13(2)20-16-5-8-19-17(21-16)15-12-23-10-9-22(15)11-14-3-6-18-7-4-14;3*3-2(4,5)1(6)7/h3-8,13,15H,9-12H2,1-2H3,(H,19,20,21);3*(H,6,7). The first-order valence-corrected chi connectivity index (χ1v) is 11.8. The van der Waals surface area contributed by atoms with Gasteiger partial charge in [0.2, 0.25) is 0 Å². The highest BCUT2D eigenvalue weighted by Gasteiger charge is 2.39. The first-order valence-electron chi connectivity index (χ1n) is 11.8. The molecular formula is C23H26F9N5O7. The van der Waals surface area contributed by atoms with Gasteiger partial charge in [-0.25, -0.2) is 24.4 Å². The van der Waals surface area contributed by atoms with Crippen LogP contribution in [0.4, 0.5) is 45.3 Å². The summed E-state index contributed by atoms with van der Waals surface area (Å²) in [5.41, 5.74) is 1.24. The number of nitrogens with zero attached hydrogens (tertiary/aromatic N) is 4. The molecule has 1 fully saturated rings. The van der Waals surface area contributed by atoms with Gasteiger partial charge in [0.05, 0.1) is 19.3 Å². The summed E-state index contributed by atoms with van der Waals surface area (Å²) in [7, 11) is 0. The van der Waals surface area contributed by atoms with Crippen LogP contribution >= 0.6 is 0 Å². The Kier molecular flexibility index (Phi) is 16.0. The summed E-state index contributed by atoms with van der Waals surface area (Å²) < 4.78 is 101. The molecule has 2 aromatic rings. The molecule has 248 valence electrons. The first kappa shape index (κ1) is 39.7. The Bertz CT molecular complexity index is 1120. The number of anilines is 1. The van der Waals surface area contributed by atoms with E-state index in [-0.39, 0.29) is 6.04 Å². The van der Waals surface area contributed by atoms with Crippen molar-refractivity contribution in [3.05, 3.63) is 48.2 Å². The smallest absolute Gasteiger partial charge is 0.475 e. The van der Waals surface area contributed by atoms with Gasteiger partial charge in [0.1, 0.15) is 11.6 Å². The Morgan fingerprint density at radius 1 is 0.886 bits per heavy atom. The summed E-state index contributed by atoms with van der Waals surface area (Å²) >= 11 is 0. The minimum absolute atomic E-state index is 0.0748. The van der Waals surface area contributed by atoms with E-state index in [0.717, 1.165) is 31.3 Å². The fraction of sp³-hybridized carbons (Fsp3) is 0.478. The average Bonchev–Trinajstić information content (AvgIpc) is 2.89. The summed E-state index contributed by atoms with van der Waals surface area (Å²) in [5, 5.41) is 24.7. The third-order valence-electron chi connectivity index (χ3n) is 4.51. The molecule has 4 N–H and O–H groups in total. The molecule has 1 aliphatic rings. The number of halogens is 9. The van der Waals surface area contributed by atoms with E-state index in [4.69, 9.17) is 34.4 Å². The third-order valence-corrected chi connectivity index (χ3v) is 4.51. The molecule has 1 unspecified atom stereocenters. The SMILES string of the molecule is CC(C)Nc1ccnc(C2COCCN2Cc2ccncc2)n1.O=C(O)C(F)(F)F.O=C(O)C(F)(F)F.O=C(O)C(F)(F)F. The lowest BCUT2D eigenvalue weighted by molar-refractivity contribution is -0.193. The van der Waals surface area contributed by atoms with Gasteiger partial charge in [-0.2, -0.15) is 39.5 Å². The van der Waals surface area contributed by atoms with Crippen molar-refractivity contribution >= 4 is 23.7 Å². The van der Waals surface area contributed by atoms with Gasteiger partial charge in [-0.15, -0.1) is 0 Å². The fourth-order valence-corrected chi connectivity index (χ4v) is 2.70. The number of ether oxygens (including phenoxy) is 1. The summed E-state index contributed by atoms with van der Waals surface area (Å²) in [6, 6.07) is 6.41. The molecule has 3 heterocycles. The second-order valence-corrected chi connectivity index (χ2v) is 8.42. The van der Waals surface area contributed by atoms with Crippen LogP contribution in [0.2, 0.25) is 0 Å². The van der Waals surface area contributed by atoms with Gasteiger partial charge in [0.15, 0.2) is 0 Å². The maximum absolute atomic E-state index is 10.6. The zero-order valence-electron chi connectivity index (χ0n) is 22.6. The van der Waals surface area contributed by atoms with Crippen LogP contribution in [0.5, 0.6) is 0 Å². The summed E-state index contributed by atoms with van der Waals surface area (Å²) in [6.45, 7) is 7.28. The second kappa shape index (κ2) is 17.8. The molecule has 0 saturated carbocycles. The van der Waals surface area contributed by atoms with Crippen LogP contribution in [0.1, 0.15) is 31.3 Å². The van der Waals surface area contributed by atoms with Crippen molar-refractivity contribution in [3.63, 3.8) is 0 Å². The molecule has 1 saturated heterocycles. The number of carboxylic acids is 3. The summed E-state index contributed by atoms with van der Waals surface area (Å²) in [5.74, 6) is -6.60. The number of hydrogen-bond acceptors (Lipinski definition) is 9. The fourth-order valence-electron chi connectivity index (χ4n) is 2.70. The lowest BCUT2D eigenvalue weighted by Crippen LogP contribution is -2.39. The average molecular weight is 655 g/mol. The molecule has 44 heavy (non-hydrogen) atoms. The number of rotatable bonds is 5. The first-order chi connectivity index (χ1) is 20.1. The Hall–Kier alpha value is -4.27. The predicted octanol–water partition coefficient (Wildman–Crippen LogP) is 4.17. The van der Waals surface area contributed by atoms with Crippen LogP contribution in [0, 0.1) is 0 Å². The number of alkyl halides is 9. The van der Waals surface area contributed by atoms with Gasteiger partial charge >= 0.3 is 36.4 Å². The van der Waals surface area contributed by atoms with Crippen LogP contribution in [0.3, 0.4) is 0 Å². The van der Waals surface area contributed by atoms with Gasteiger partial charge in [0, 0.05) is 37.7 Å². The van der Waals surface area contributed by atoms with Crippen molar-refractivity contribution in [1.82, 2.24) is 19.9 Å². The zero-order valence-corrected chi connectivity index (χ0v) is 22.6. The van der Waals surface area contributed by atoms with E-state index in [2.05, 4.69) is 39.0 Å². The summed E-state index contributed by atoms with van der Waals surface area (Å²) in [4.78, 5) is 42.3. The topological polar surface area (TPSA) is 175 Å². The lowest BCUT2D eigenvalue weighted by atomic mass is 10.1. The normalized spacial score (nSPS) is 15.3. The number of hydrogen-bond donors (Lipinski definition) is 4. The van der Waals surface area contributed by atoms with E-state index in [9.17, 15) is 39.5 Å². The van der Waals surface area contributed by atoms with Crippen molar-refractivity contribution in [3.8, 4) is 0 Å². The van der Waals surface area contributed by atoms with Crippen LogP contribution in [0.25, 0.3) is 0 Å². The number of carbonyl (C=O) groups is 3. The highest BCUT2D eigenvalue weighted by molar-refractivity contribution is 5.73. The zero-order chi connectivity index (χ0) is 34.3. The maximum atomic E-state index is 10.6. The largest absolute Gasteiger partial charge is 0.490 e. The molecule has 0 aliphatic carbocycles. The third kappa shape index (κ3) is 17.0. The number of aliphatic carboxylic acids is 3. The molecule has 21 heteroatoms. The second-order valence-electron chi connectivity index (χ2n) is 8.42. The van der Waals surface area contributed by atoms with E-state index in [1.807, 2.05) is 36.8 Å². The van der Waals surface area contributed by atoms with Gasteiger partial charge in [-0.3, -0.25) is 9.88 Å². The number of aromatic nitrogens is 3. The van der Waals surface area contributed by atoms with Crippen LogP contribution in [-0.2, 0) is 25.7 Å². The van der Waals surface area contributed by atoms with Crippen molar-refractivity contribution < 1.29 is 74.0 Å². The molecular weight excluding hydrogens is 629 g/mol. The maximum Gasteiger partial charge on any atom is 0.490 e. The lowest BCUT2D eigenvalue weighted by Gasteiger charge is -2.34. The van der Waals surface area contributed by atoms with Gasteiger partial charge < -0.3 is 25.4 Å². The highest BCUT2D eigenvalue weighted by Crippen LogP contribution is 2.24. The minimum atomic E-state index is -5.08. The van der Waals surface area contributed by atoms with Crippen LogP contribution in [0.15, 0.2) is 36.8 Å². The Balaban J connectivity index is 0.000000721. The van der Waals surface area contributed by atoms with Gasteiger partial charge in [0.25, 0.3) is 0 Å². The summed E-state index contributed by atoms with van der Waals surface area (Å²) in [6.07, 6.45) is -9.78. The van der Waals surface area contributed by atoms with Gasteiger partial charge in [-0.1, -0.05) is 0 Å². The van der Waals surface area contributed by atoms with E-state index in [0.29, 0.717) is 12.6 Å². The molecule has 1 atom stereocenters. The van der Waals surface area contributed by atoms with Crippen LogP contribution < -0.4 is 5.32 Å². The molecule has 0 radical (unpaired) electrons. The highest BCUT2D eigenvalue weighted by atomic mass is 19.4. The minimum Gasteiger partial charge on any atom is -0.475 e. The predicted molar refractivity (Wildman–Crippen MR) is 130 cm³/mol. The van der Waals surface area contributed by atoms with E-state index >= 15 is 0 Å². The van der Waals surface area contributed by atoms with E-state index < -0.39 is 36.4 Å². The molecule has 0 spiro atoms. The Morgan fingerprint density at radius 2 is 1.34 bits per heavy atom. The van der Waals surface area contributed by atoms with Crippen molar-refractivity contribution in [2.45, 2.75) is 51.0 Å². The monoisotopic (exact) mass is 655 g/mol.